The Balaban J connectivity index is 2.49. The fraction of sp³-hybridized carbons (Fsp3) is 0.857. The quantitative estimate of drug-likeness (QED) is 0.783. The molecule has 1 aromatic rings. The summed E-state index contributed by atoms with van der Waals surface area (Å²) in [5.41, 5.74) is -0.0751. The smallest absolute Gasteiger partial charge is 0.148 e. The molecule has 108 valence electrons. The molecule has 4 atom stereocenters. The third-order valence-electron chi connectivity index (χ3n) is 4.09. The highest BCUT2D eigenvalue weighted by Gasteiger charge is 2.42. The molecule has 0 amide bonds. The number of halogens is 1. The van der Waals surface area contributed by atoms with Gasteiger partial charge in [-0.3, -0.25) is 0 Å². The fourth-order valence-corrected chi connectivity index (χ4v) is 3.25. The summed E-state index contributed by atoms with van der Waals surface area (Å²) < 4.78 is 8.12. The van der Waals surface area contributed by atoms with Crippen molar-refractivity contribution in [3.8, 4) is 0 Å². The zero-order valence-electron chi connectivity index (χ0n) is 12.6. The van der Waals surface area contributed by atoms with Gasteiger partial charge >= 0.3 is 0 Å². The van der Waals surface area contributed by atoms with E-state index in [1.54, 1.807) is 0 Å². The standard InChI is InChI=1S/C14H24ClN3O/c1-8-9(2)19-10(3)12(8)13-17-16-11(7-15)18(13)14(4,5)6/h8-10,12H,7H2,1-6H3. The minimum atomic E-state index is -0.0751. The highest BCUT2D eigenvalue weighted by Crippen LogP contribution is 2.40. The Kier molecular flexibility index (Phi) is 3.94. The first-order chi connectivity index (χ1) is 8.77. The van der Waals surface area contributed by atoms with Gasteiger partial charge in [0.1, 0.15) is 11.6 Å². The van der Waals surface area contributed by atoms with E-state index in [0.717, 1.165) is 11.6 Å². The molecular weight excluding hydrogens is 262 g/mol. The number of rotatable bonds is 2. The van der Waals surface area contributed by atoms with Gasteiger partial charge in [-0.2, -0.15) is 0 Å². The number of hydrogen-bond acceptors (Lipinski definition) is 3. The Hall–Kier alpha value is -0.610. The molecule has 0 saturated carbocycles. The first-order valence-corrected chi connectivity index (χ1v) is 7.47. The minimum absolute atomic E-state index is 0.0751. The van der Waals surface area contributed by atoms with E-state index in [1.807, 2.05) is 0 Å². The molecule has 0 N–H and O–H groups in total. The van der Waals surface area contributed by atoms with E-state index in [4.69, 9.17) is 16.3 Å². The van der Waals surface area contributed by atoms with Gasteiger partial charge in [-0.15, -0.1) is 21.8 Å². The van der Waals surface area contributed by atoms with Gasteiger partial charge in [-0.1, -0.05) is 6.92 Å². The summed E-state index contributed by atoms with van der Waals surface area (Å²) in [5.74, 6) is 2.94. The van der Waals surface area contributed by atoms with Crippen LogP contribution in [0.15, 0.2) is 0 Å². The Morgan fingerprint density at radius 3 is 2.21 bits per heavy atom. The summed E-state index contributed by atoms with van der Waals surface area (Å²) in [6.07, 6.45) is 0.419. The lowest BCUT2D eigenvalue weighted by Gasteiger charge is -2.28. The van der Waals surface area contributed by atoms with Crippen LogP contribution in [0.1, 0.15) is 59.1 Å². The molecule has 2 rings (SSSR count). The van der Waals surface area contributed by atoms with Crippen molar-refractivity contribution < 1.29 is 4.74 Å². The van der Waals surface area contributed by atoms with E-state index in [0.29, 0.717) is 11.8 Å². The lowest BCUT2D eigenvalue weighted by Crippen LogP contribution is -2.30. The molecule has 1 fully saturated rings. The van der Waals surface area contributed by atoms with Gasteiger partial charge in [0.2, 0.25) is 0 Å². The van der Waals surface area contributed by atoms with E-state index < -0.39 is 0 Å². The van der Waals surface area contributed by atoms with Crippen LogP contribution in [0.25, 0.3) is 0 Å². The van der Waals surface area contributed by atoms with Crippen molar-refractivity contribution in [3.63, 3.8) is 0 Å². The number of nitrogens with zero attached hydrogens (tertiary/aromatic N) is 3. The molecule has 0 bridgehead atoms. The van der Waals surface area contributed by atoms with Crippen LogP contribution in [0.4, 0.5) is 0 Å². The van der Waals surface area contributed by atoms with Crippen LogP contribution >= 0.6 is 11.6 Å². The van der Waals surface area contributed by atoms with Crippen molar-refractivity contribution in [2.24, 2.45) is 5.92 Å². The molecule has 19 heavy (non-hydrogen) atoms. The molecular formula is C14H24ClN3O. The second-order valence-corrected chi connectivity index (χ2v) is 6.81. The van der Waals surface area contributed by atoms with Gasteiger partial charge in [0.15, 0.2) is 0 Å². The molecule has 1 aliphatic heterocycles. The van der Waals surface area contributed by atoms with Crippen molar-refractivity contribution >= 4 is 11.6 Å². The maximum absolute atomic E-state index is 6.01. The van der Waals surface area contributed by atoms with Crippen molar-refractivity contribution in [2.45, 2.75) is 71.1 Å². The molecule has 1 saturated heterocycles. The molecule has 2 heterocycles. The van der Waals surface area contributed by atoms with Crippen molar-refractivity contribution in [3.05, 3.63) is 11.6 Å². The second kappa shape index (κ2) is 5.06. The van der Waals surface area contributed by atoms with Crippen LogP contribution in [-0.4, -0.2) is 27.0 Å². The third kappa shape index (κ3) is 2.52. The van der Waals surface area contributed by atoms with Crippen LogP contribution in [0.2, 0.25) is 0 Å². The van der Waals surface area contributed by atoms with Crippen LogP contribution in [-0.2, 0) is 16.2 Å². The molecule has 0 spiro atoms. The summed E-state index contributed by atoms with van der Waals surface area (Å²) in [7, 11) is 0. The summed E-state index contributed by atoms with van der Waals surface area (Å²) in [4.78, 5) is 0. The predicted octanol–water partition coefficient (Wildman–Crippen LogP) is 3.30. The lowest BCUT2D eigenvalue weighted by molar-refractivity contribution is 0.0550. The van der Waals surface area contributed by atoms with Gasteiger partial charge in [0.25, 0.3) is 0 Å². The van der Waals surface area contributed by atoms with Gasteiger partial charge in [-0.05, 0) is 40.5 Å². The van der Waals surface area contributed by atoms with Gasteiger partial charge in [0, 0.05) is 5.54 Å². The Labute approximate surface area is 120 Å². The topological polar surface area (TPSA) is 39.9 Å². The molecule has 4 nitrogen and oxygen atoms in total. The van der Waals surface area contributed by atoms with Crippen molar-refractivity contribution in [1.29, 1.82) is 0 Å². The molecule has 0 aliphatic carbocycles. The highest BCUT2D eigenvalue weighted by molar-refractivity contribution is 6.16. The van der Waals surface area contributed by atoms with E-state index >= 15 is 0 Å². The zero-order valence-corrected chi connectivity index (χ0v) is 13.4. The van der Waals surface area contributed by atoms with Gasteiger partial charge in [0.05, 0.1) is 24.0 Å². The molecule has 0 aromatic carbocycles. The summed E-state index contributed by atoms with van der Waals surface area (Å²) in [5, 5.41) is 8.68. The average Bonchev–Trinajstić information content (AvgIpc) is 2.81. The van der Waals surface area contributed by atoms with E-state index in [1.165, 1.54) is 0 Å². The Morgan fingerprint density at radius 2 is 1.79 bits per heavy atom. The third-order valence-corrected chi connectivity index (χ3v) is 4.32. The number of alkyl halides is 1. The second-order valence-electron chi connectivity index (χ2n) is 6.55. The first-order valence-electron chi connectivity index (χ1n) is 6.93. The maximum Gasteiger partial charge on any atom is 0.148 e. The molecule has 1 aliphatic rings. The maximum atomic E-state index is 6.01. The zero-order chi connectivity index (χ0) is 14.4. The number of hydrogen-bond donors (Lipinski definition) is 0. The monoisotopic (exact) mass is 285 g/mol. The van der Waals surface area contributed by atoms with Crippen molar-refractivity contribution in [1.82, 2.24) is 14.8 Å². The lowest BCUT2D eigenvalue weighted by atomic mass is 9.88. The van der Waals surface area contributed by atoms with Crippen LogP contribution in [0.5, 0.6) is 0 Å². The van der Waals surface area contributed by atoms with Gasteiger partial charge in [-0.25, -0.2) is 0 Å². The molecule has 4 unspecified atom stereocenters. The largest absolute Gasteiger partial charge is 0.374 e. The van der Waals surface area contributed by atoms with Crippen LogP contribution < -0.4 is 0 Å². The SMILES string of the molecule is CC1OC(C)C(c2nnc(CCl)n2C(C)(C)C)C1C. The normalized spacial score (nSPS) is 31.9. The van der Waals surface area contributed by atoms with E-state index in [-0.39, 0.29) is 23.7 Å². The number of ether oxygens (including phenoxy) is 1. The molecule has 1 aromatic heterocycles. The Bertz CT molecular complexity index is 452. The fourth-order valence-electron chi connectivity index (χ4n) is 3.08. The van der Waals surface area contributed by atoms with E-state index in [2.05, 4.69) is 56.3 Å². The van der Waals surface area contributed by atoms with E-state index in [9.17, 15) is 0 Å². The summed E-state index contributed by atoms with van der Waals surface area (Å²) in [6, 6.07) is 0. The average molecular weight is 286 g/mol. The summed E-state index contributed by atoms with van der Waals surface area (Å²) >= 11 is 6.01. The predicted molar refractivity (Wildman–Crippen MR) is 76.5 cm³/mol. The first kappa shape index (κ1) is 14.8. The van der Waals surface area contributed by atoms with Crippen LogP contribution in [0.3, 0.4) is 0 Å². The number of aromatic nitrogens is 3. The van der Waals surface area contributed by atoms with Crippen LogP contribution in [0, 0.1) is 5.92 Å². The van der Waals surface area contributed by atoms with Gasteiger partial charge < -0.3 is 9.30 Å². The Morgan fingerprint density at radius 1 is 1.16 bits per heavy atom. The minimum Gasteiger partial charge on any atom is -0.374 e. The highest BCUT2D eigenvalue weighted by atomic mass is 35.5. The molecule has 0 radical (unpaired) electrons. The molecule has 5 heteroatoms. The van der Waals surface area contributed by atoms with Crippen molar-refractivity contribution in [2.75, 3.05) is 0 Å². The summed E-state index contributed by atoms with van der Waals surface area (Å²) in [6.45, 7) is 12.9.